The number of carboxylic acid groups (broad SMARTS) is 2. The van der Waals surface area contributed by atoms with Crippen molar-refractivity contribution in [3.8, 4) is 0 Å². The number of aliphatic carboxylic acids is 2. The number of hydrogen-bond acceptors (Lipinski definition) is 10. The monoisotopic (exact) mass is 751 g/mol. The summed E-state index contributed by atoms with van der Waals surface area (Å²) in [6.07, 6.45) is -4.43. The van der Waals surface area contributed by atoms with E-state index >= 15 is 0 Å². The highest BCUT2D eigenvalue weighted by molar-refractivity contribution is 6.12. The van der Waals surface area contributed by atoms with Crippen LogP contribution in [0.25, 0.3) is 0 Å². The zero-order valence-electron chi connectivity index (χ0n) is 30.6. The molecule has 0 saturated heterocycles. The van der Waals surface area contributed by atoms with Gasteiger partial charge in [-0.15, -0.1) is 0 Å². The summed E-state index contributed by atoms with van der Waals surface area (Å²) < 4.78 is 9.52. The molecule has 14 nitrogen and oxygen atoms in total. The van der Waals surface area contributed by atoms with Crippen molar-refractivity contribution in [3.63, 3.8) is 0 Å². The van der Waals surface area contributed by atoms with Gasteiger partial charge < -0.3 is 35.2 Å². The topological polar surface area (TPSA) is 211 Å². The van der Waals surface area contributed by atoms with Gasteiger partial charge in [-0.3, -0.25) is 14.4 Å². The highest BCUT2D eigenvalue weighted by Crippen LogP contribution is 2.35. The van der Waals surface area contributed by atoms with Crippen molar-refractivity contribution < 1.29 is 53.2 Å². The summed E-state index contributed by atoms with van der Waals surface area (Å²) in [6, 6.07) is 28.3. The maximum absolute atomic E-state index is 13.1. The maximum atomic E-state index is 13.1. The molecule has 0 saturated carbocycles. The molecule has 3 unspecified atom stereocenters. The molecule has 14 heteroatoms. The van der Waals surface area contributed by atoms with Gasteiger partial charge in [-0.05, 0) is 48.9 Å². The van der Waals surface area contributed by atoms with Crippen molar-refractivity contribution in [3.05, 3.63) is 131 Å². The Kier molecular flexibility index (Phi) is 13.4. The second-order valence-electron chi connectivity index (χ2n) is 13.5. The zero-order chi connectivity index (χ0) is 40.4. The summed E-state index contributed by atoms with van der Waals surface area (Å²) in [7, 11) is 0. The number of anilines is 2. The van der Waals surface area contributed by atoms with Crippen LogP contribution in [0.4, 0.5) is 11.4 Å². The number of aryl methyl sites for hydroxylation is 1. The van der Waals surface area contributed by atoms with Crippen molar-refractivity contribution in [1.82, 2.24) is 0 Å². The minimum absolute atomic E-state index is 0.0253. The van der Waals surface area contributed by atoms with Gasteiger partial charge in [0.15, 0.2) is 5.78 Å². The molecule has 2 amide bonds. The molecule has 1 aliphatic heterocycles. The van der Waals surface area contributed by atoms with Crippen LogP contribution < -0.4 is 15.5 Å². The lowest BCUT2D eigenvalue weighted by atomic mass is 9.94. The van der Waals surface area contributed by atoms with Crippen LogP contribution in [-0.2, 0) is 28.7 Å². The number of para-hydroxylation sites is 2. The van der Waals surface area contributed by atoms with Gasteiger partial charge in [0, 0.05) is 11.0 Å². The van der Waals surface area contributed by atoms with Crippen LogP contribution in [-0.4, -0.2) is 83.0 Å². The number of ketones is 1. The van der Waals surface area contributed by atoms with Crippen LogP contribution in [0.5, 0.6) is 0 Å². The minimum atomic E-state index is -2.21. The fourth-order valence-corrected chi connectivity index (χ4v) is 5.49. The average molecular weight is 752 g/mol. The van der Waals surface area contributed by atoms with Gasteiger partial charge in [-0.1, -0.05) is 93.6 Å². The Bertz CT molecular complexity index is 1990. The first-order valence-corrected chi connectivity index (χ1v) is 17.1. The van der Waals surface area contributed by atoms with Crippen molar-refractivity contribution in [2.24, 2.45) is 11.1 Å². The molecule has 0 bridgehead atoms. The van der Waals surface area contributed by atoms with E-state index in [0.717, 1.165) is 5.56 Å². The quantitative estimate of drug-likeness (QED) is 0.151. The Labute approximate surface area is 317 Å². The Hall–Kier alpha value is -6.67. The molecule has 4 N–H and O–H groups in total. The minimum Gasteiger partial charge on any atom is -0.478 e. The predicted molar refractivity (Wildman–Crippen MR) is 201 cm³/mol. The first-order chi connectivity index (χ1) is 26.0. The molecule has 3 atom stereocenters. The summed E-state index contributed by atoms with van der Waals surface area (Å²) in [5.74, 6) is -6.30. The van der Waals surface area contributed by atoms with Gasteiger partial charge in [-0.25, -0.2) is 19.2 Å². The number of nitrogens with zero attached hydrogens (tertiary/aromatic N) is 2. The third-order valence-corrected chi connectivity index (χ3v) is 8.31. The summed E-state index contributed by atoms with van der Waals surface area (Å²) in [5, 5.41) is 18.5. The molecule has 55 heavy (non-hydrogen) atoms. The largest absolute Gasteiger partial charge is 0.478 e. The van der Waals surface area contributed by atoms with E-state index in [9.17, 15) is 43.8 Å². The molecule has 0 aliphatic carbocycles. The third-order valence-electron chi connectivity index (χ3n) is 8.31. The molecular weight excluding hydrogens is 710 g/mol. The Morgan fingerprint density at radius 1 is 0.709 bits per heavy atom. The molecule has 0 spiro atoms. The number of carbonyl (C=O) groups is 7. The summed E-state index contributed by atoms with van der Waals surface area (Å²) in [4.78, 5) is 88.9. The van der Waals surface area contributed by atoms with Crippen LogP contribution in [0, 0.1) is 12.3 Å². The van der Waals surface area contributed by atoms with Gasteiger partial charge in [0.2, 0.25) is 24.0 Å². The van der Waals surface area contributed by atoms with E-state index in [1.54, 1.807) is 47.4 Å². The molecule has 5 rings (SSSR count). The van der Waals surface area contributed by atoms with Crippen molar-refractivity contribution in [2.75, 3.05) is 22.9 Å². The Morgan fingerprint density at radius 2 is 1.15 bits per heavy atom. The Morgan fingerprint density at radius 3 is 1.60 bits per heavy atom. The molecule has 0 aromatic heterocycles. The number of amides is 2. The number of rotatable bonds is 10. The molecular formula is C41H41N3O11. The van der Waals surface area contributed by atoms with Crippen LogP contribution in [0.3, 0.4) is 0 Å². The van der Waals surface area contributed by atoms with E-state index in [1.165, 1.54) is 53.4 Å². The molecule has 4 aromatic rings. The fraction of sp³-hybridized carbons (Fsp3) is 0.244. The molecule has 1 aliphatic rings. The lowest BCUT2D eigenvalue weighted by molar-refractivity contribution is -0.166. The van der Waals surface area contributed by atoms with E-state index < -0.39 is 47.5 Å². The molecule has 0 fully saturated rings. The summed E-state index contributed by atoms with van der Waals surface area (Å²) >= 11 is 0. The average Bonchev–Trinajstić information content (AvgIpc) is 3.26. The Balaban J connectivity index is 0.000000246. The van der Waals surface area contributed by atoms with Gasteiger partial charge in [0.25, 0.3) is 0 Å². The lowest BCUT2D eigenvalue weighted by Gasteiger charge is -2.30. The third kappa shape index (κ3) is 10.3. The number of ether oxygens (including phenoxy) is 2. The van der Waals surface area contributed by atoms with Crippen LogP contribution >= 0.6 is 0 Å². The van der Waals surface area contributed by atoms with Crippen molar-refractivity contribution in [2.45, 2.75) is 45.9 Å². The zero-order valence-corrected chi connectivity index (χ0v) is 30.6. The van der Waals surface area contributed by atoms with E-state index in [4.69, 9.17) is 15.2 Å². The molecule has 0 radical (unpaired) electrons. The normalized spacial score (nSPS) is 14.9. The highest BCUT2D eigenvalue weighted by Gasteiger charge is 2.41. The lowest BCUT2D eigenvalue weighted by Crippen LogP contribution is -2.50. The number of fused-ring (bicyclic) bond motifs is 1. The van der Waals surface area contributed by atoms with E-state index in [0.29, 0.717) is 16.9 Å². The number of nitrogens with two attached hydrogens (primary N) is 1. The second kappa shape index (κ2) is 17.9. The first kappa shape index (κ1) is 41.1. The van der Waals surface area contributed by atoms with Gasteiger partial charge >= 0.3 is 23.9 Å². The van der Waals surface area contributed by atoms with Crippen LogP contribution in [0.2, 0.25) is 0 Å². The summed E-state index contributed by atoms with van der Waals surface area (Å²) in [6.45, 7) is 7.29. The highest BCUT2D eigenvalue weighted by atomic mass is 16.6. The van der Waals surface area contributed by atoms with Gasteiger partial charge in [0.1, 0.15) is 6.04 Å². The van der Waals surface area contributed by atoms with Gasteiger partial charge in [0.05, 0.1) is 35.6 Å². The second-order valence-corrected chi connectivity index (χ2v) is 13.5. The first-order valence-electron chi connectivity index (χ1n) is 17.1. The van der Waals surface area contributed by atoms with E-state index in [-0.39, 0.29) is 41.8 Å². The van der Waals surface area contributed by atoms with Gasteiger partial charge in [-0.2, -0.15) is 0 Å². The number of Topliss-reactive ketones (excluding diaryl/α,β-unsaturated/α-hetero) is 1. The number of hydrogen-bond donors (Lipinski definition) is 3. The van der Waals surface area contributed by atoms with Crippen molar-refractivity contribution >= 4 is 52.8 Å². The number of benzene rings is 4. The fourth-order valence-electron chi connectivity index (χ4n) is 5.49. The molecule has 4 aromatic carbocycles. The predicted octanol–water partition coefficient (Wildman–Crippen LogP) is 4.54. The van der Waals surface area contributed by atoms with Crippen LogP contribution in [0.15, 0.2) is 109 Å². The van der Waals surface area contributed by atoms with Crippen LogP contribution in [0.1, 0.15) is 57.4 Å². The number of esters is 2. The SMILES string of the molecule is Cc1ccccc1C(=O)CN1C(=O)C(N)CN(C(=O)C(C)(C)C)c2ccccc21.O=C(OC(C(=O)O)C(OC(=O)c1ccccc1)C(=O)O)c1ccccc1. The summed E-state index contributed by atoms with van der Waals surface area (Å²) in [5.41, 5.74) is 8.11. The molecule has 1 heterocycles. The smallest absolute Gasteiger partial charge is 0.349 e. The number of carbonyl (C=O) groups excluding carboxylic acids is 5. The maximum Gasteiger partial charge on any atom is 0.349 e. The van der Waals surface area contributed by atoms with E-state index in [2.05, 4.69) is 0 Å². The molecule has 286 valence electrons. The standard InChI is InChI=1S/C23H27N3O3.C18H14O8/c1-15-9-5-6-10-16(15)20(27)14-25-18-11-7-8-12-19(18)26(13-17(24)21(25)28)22(29)23(2,3)4;19-15(20)13(25-17(23)11-7-3-1-4-8-11)14(16(21)22)26-18(24)12-9-5-2-6-10-12/h5-12,17H,13-14,24H2,1-4H3;1-10,13-14H,(H,19,20)(H,21,22). The van der Waals surface area contributed by atoms with Crippen molar-refractivity contribution in [1.29, 1.82) is 0 Å². The number of carboxylic acids is 2. The van der Waals surface area contributed by atoms with E-state index in [1.807, 2.05) is 45.9 Å².